The van der Waals surface area contributed by atoms with Crippen molar-refractivity contribution in [3.63, 3.8) is 0 Å². The standard InChI is InChI=1S/C38H51N3O9S/c1-5-7-18-38(6-2)23-51(47,48)30-17-16-27(41(3)4)20-28(30)31(35(38)45)25-14-11-15-26(19-25)39-37(46)40-36-33(44)34(32(43)29(21-42)50-36)49-22-24-12-9-8-10-13-24/h8-17,19-20,29,31-36,42-45H,5-7,18,21-23H2,1-4H3,(H2,39,40,46)/t29-,31+,32-,33-,34+,35+,36-,38-/m1/s1. The third kappa shape index (κ3) is 8.41. The fraction of sp³-hybridized carbons (Fsp3) is 0.500. The van der Waals surface area contributed by atoms with Gasteiger partial charge < -0.3 is 45.4 Å². The van der Waals surface area contributed by atoms with Crippen molar-refractivity contribution in [3.05, 3.63) is 89.5 Å². The first-order valence-corrected chi connectivity index (χ1v) is 19.2. The number of nitrogens with one attached hydrogen (secondary N) is 2. The summed E-state index contributed by atoms with van der Waals surface area (Å²) in [6.07, 6.45) is -4.90. The Kier molecular flexibility index (Phi) is 12.4. The first-order valence-electron chi connectivity index (χ1n) is 17.5. The van der Waals surface area contributed by atoms with E-state index in [2.05, 4.69) is 10.6 Å². The number of anilines is 2. The molecule has 8 atom stereocenters. The summed E-state index contributed by atoms with van der Waals surface area (Å²) < 4.78 is 39.5. The number of nitrogens with zero attached hydrogens (tertiary/aromatic N) is 1. The van der Waals surface area contributed by atoms with Gasteiger partial charge in [0.15, 0.2) is 16.1 Å². The second-order valence-corrected chi connectivity index (χ2v) is 15.8. The summed E-state index contributed by atoms with van der Waals surface area (Å²) in [6.45, 7) is 3.47. The van der Waals surface area contributed by atoms with Crippen LogP contribution < -0.4 is 15.5 Å². The number of carbonyl (C=O) groups excluding carboxylic acids is 1. The molecule has 0 aliphatic carbocycles. The minimum Gasteiger partial charge on any atom is -0.394 e. The lowest BCUT2D eigenvalue weighted by atomic mass is 9.69. The molecule has 278 valence electrons. The van der Waals surface area contributed by atoms with E-state index < -0.39 is 70.6 Å². The summed E-state index contributed by atoms with van der Waals surface area (Å²) in [4.78, 5) is 15.4. The summed E-state index contributed by atoms with van der Waals surface area (Å²) in [7, 11) is -0.0363. The fourth-order valence-corrected chi connectivity index (χ4v) is 9.53. The number of unbranched alkanes of at least 4 members (excludes halogenated alkanes) is 1. The Morgan fingerprint density at radius 1 is 1.00 bits per heavy atom. The molecule has 0 saturated carbocycles. The van der Waals surface area contributed by atoms with Crippen molar-refractivity contribution in [1.29, 1.82) is 0 Å². The van der Waals surface area contributed by atoms with Crippen LogP contribution in [0.1, 0.15) is 62.1 Å². The number of amides is 2. The Morgan fingerprint density at radius 2 is 1.75 bits per heavy atom. The second-order valence-electron chi connectivity index (χ2n) is 13.9. The highest BCUT2D eigenvalue weighted by atomic mass is 32.2. The smallest absolute Gasteiger partial charge is 0.321 e. The Hall–Kier alpha value is -3.56. The van der Waals surface area contributed by atoms with Crippen LogP contribution in [-0.4, -0.2) is 98.1 Å². The lowest BCUT2D eigenvalue weighted by molar-refractivity contribution is -0.247. The maximum Gasteiger partial charge on any atom is 0.321 e. The number of hydrogen-bond acceptors (Lipinski definition) is 10. The number of aliphatic hydroxyl groups is 4. The van der Waals surface area contributed by atoms with Gasteiger partial charge in [-0.2, -0.15) is 0 Å². The van der Waals surface area contributed by atoms with Gasteiger partial charge in [-0.1, -0.05) is 69.2 Å². The lowest BCUT2D eigenvalue weighted by Crippen LogP contribution is -2.64. The number of urea groups is 1. The van der Waals surface area contributed by atoms with Gasteiger partial charge in [-0.25, -0.2) is 13.2 Å². The highest BCUT2D eigenvalue weighted by Crippen LogP contribution is 2.49. The number of hydrogen-bond donors (Lipinski definition) is 6. The van der Waals surface area contributed by atoms with Gasteiger partial charge >= 0.3 is 6.03 Å². The zero-order valence-electron chi connectivity index (χ0n) is 29.6. The maximum absolute atomic E-state index is 14.0. The van der Waals surface area contributed by atoms with E-state index in [1.54, 1.807) is 30.3 Å². The number of fused-ring (bicyclic) bond motifs is 1. The van der Waals surface area contributed by atoms with E-state index in [-0.39, 0.29) is 17.3 Å². The van der Waals surface area contributed by atoms with Crippen molar-refractivity contribution in [2.24, 2.45) is 5.41 Å². The van der Waals surface area contributed by atoms with E-state index in [0.29, 0.717) is 29.7 Å². The van der Waals surface area contributed by atoms with Gasteiger partial charge in [0, 0.05) is 36.8 Å². The molecule has 0 aromatic heterocycles. The van der Waals surface area contributed by atoms with Crippen LogP contribution in [0.2, 0.25) is 0 Å². The molecule has 51 heavy (non-hydrogen) atoms. The van der Waals surface area contributed by atoms with Crippen LogP contribution in [0.25, 0.3) is 0 Å². The average molecular weight is 726 g/mol. The largest absolute Gasteiger partial charge is 0.394 e. The van der Waals surface area contributed by atoms with Gasteiger partial charge in [-0.3, -0.25) is 0 Å². The molecule has 0 unspecified atom stereocenters. The summed E-state index contributed by atoms with van der Waals surface area (Å²) in [5, 5.41) is 49.4. The SMILES string of the molecule is CCCC[C@]1(CC)CS(=O)(=O)c2ccc(N(C)C)cc2[C@H](c2cccc(NC(=O)N[C@@H]3O[C@H](CO)[C@@H](O)[C@H](OCc4ccccc4)[C@H]3O)c2)[C@@H]1O. The summed E-state index contributed by atoms with van der Waals surface area (Å²) in [6, 6.07) is 20.6. The van der Waals surface area contributed by atoms with E-state index in [9.17, 15) is 33.6 Å². The second kappa shape index (κ2) is 16.4. The van der Waals surface area contributed by atoms with Gasteiger partial charge in [0.1, 0.15) is 24.4 Å². The molecule has 2 amide bonds. The predicted molar refractivity (Wildman–Crippen MR) is 194 cm³/mol. The number of sulfone groups is 1. The van der Waals surface area contributed by atoms with Crippen molar-refractivity contribution in [2.75, 3.05) is 36.7 Å². The number of ether oxygens (including phenoxy) is 2. The Balaban J connectivity index is 1.42. The molecular formula is C38H51N3O9S. The van der Waals surface area contributed by atoms with Crippen LogP contribution in [0.3, 0.4) is 0 Å². The Morgan fingerprint density at radius 3 is 2.41 bits per heavy atom. The molecule has 6 N–H and O–H groups in total. The van der Waals surface area contributed by atoms with E-state index in [1.165, 1.54) is 0 Å². The van der Waals surface area contributed by atoms with Crippen LogP contribution in [-0.2, 0) is 25.9 Å². The van der Waals surface area contributed by atoms with Crippen LogP contribution >= 0.6 is 0 Å². The molecule has 3 aromatic rings. The van der Waals surface area contributed by atoms with Gasteiger partial charge in [-0.05, 0) is 59.9 Å². The van der Waals surface area contributed by atoms with Gasteiger partial charge in [0.25, 0.3) is 0 Å². The molecule has 2 aliphatic heterocycles. The van der Waals surface area contributed by atoms with Gasteiger partial charge in [0.05, 0.1) is 30.0 Å². The summed E-state index contributed by atoms with van der Waals surface area (Å²) in [5.74, 6) is -0.900. The number of carbonyl (C=O) groups is 1. The minimum atomic E-state index is -3.77. The van der Waals surface area contributed by atoms with Crippen molar-refractivity contribution in [2.45, 2.75) is 93.7 Å². The Labute approximate surface area is 300 Å². The molecule has 0 radical (unpaired) electrons. The molecule has 2 heterocycles. The monoisotopic (exact) mass is 725 g/mol. The molecule has 0 bridgehead atoms. The topological polar surface area (TPSA) is 178 Å². The highest BCUT2D eigenvalue weighted by molar-refractivity contribution is 7.91. The summed E-state index contributed by atoms with van der Waals surface area (Å²) in [5.41, 5.74) is 2.16. The molecular weight excluding hydrogens is 674 g/mol. The molecule has 12 nitrogen and oxygen atoms in total. The van der Waals surface area contributed by atoms with Crippen molar-refractivity contribution < 1.29 is 43.1 Å². The summed E-state index contributed by atoms with van der Waals surface area (Å²) >= 11 is 0. The molecule has 1 fully saturated rings. The van der Waals surface area contributed by atoms with Gasteiger partial charge in [-0.15, -0.1) is 0 Å². The molecule has 1 saturated heterocycles. The zero-order valence-corrected chi connectivity index (χ0v) is 30.4. The first kappa shape index (κ1) is 38.7. The first-order chi connectivity index (χ1) is 24.3. The lowest BCUT2D eigenvalue weighted by Gasteiger charge is -2.42. The third-order valence-corrected chi connectivity index (χ3v) is 12.3. The molecule has 0 spiro atoms. The molecule has 5 rings (SSSR count). The van der Waals surface area contributed by atoms with Crippen LogP contribution in [0.15, 0.2) is 77.7 Å². The molecule has 13 heteroatoms. The van der Waals surface area contributed by atoms with Crippen LogP contribution in [0, 0.1) is 5.41 Å². The highest BCUT2D eigenvalue weighted by Gasteiger charge is 2.49. The minimum absolute atomic E-state index is 0.0781. The van der Waals surface area contributed by atoms with E-state index in [0.717, 1.165) is 24.1 Å². The third-order valence-electron chi connectivity index (χ3n) is 10.3. The van der Waals surface area contributed by atoms with E-state index in [1.807, 2.05) is 75.3 Å². The Bertz CT molecular complexity index is 1740. The van der Waals surface area contributed by atoms with Crippen molar-refractivity contribution >= 4 is 27.2 Å². The van der Waals surface area contributed by atoms with Crippen LogP contribution in [0.4, 0.5) is 16.2 Å². The normalized spacial score (nSPS) is 28.7. The number of aliphatic hydroxyl groups excluding tert-OH is 4. The van der Waals surface area contributed by atoms with E-state index in [4.69, 9.17) is 9.47 Å². The van der Waals surface area contributed by atoms with Crippen molar-refractivity contribution in [1.82, 2.24) is 5.32 Å². The van der Waals surface area contributed by atoms with Crippen LogP contribution in [0.5, 0.6) is 0 Å². The molecule has 3 aromatic carbocycles. The number of benzene rings is 3. The molecule has 2 aliphatic rings. The zero-order chi connectivity index (χ0) is 36.9. The van der Waals surface area contributed by atoms with E-state index >= 15 is 0 Å². The number of rotatable bonds is 12. The quantitative estimate of drug-likeness (QED) is 0.161. The maximum atomic E-state index is 14.0. The van der Waals surface area contributed by atoms with Gasteiger partial charge in [0.2, 0.25) is 0 Å². The average Bonchev–Trinajstić information content (AvgIpc) is 3.18. The predicted octanol–water partition coefficient (Wildman–Crippen LogP) is 3.77. The van der Waals surface area contributed by atoms with Crippen molar-refractivity contribution in [3.8, 4) is 0 Å². The fourth-order valence-electron chi connectivity index (χ4n) is 7.28.